The summed E-state index contributed by atoms with van der Waals surface area (Å²) >= 11 is 0. The molecular formula is C23H43N3O2. The zero-order chi connectivity index (χ0) is 20.7. The molecule has 2 fully saturated rings. The quantitative estimate of drug-likeness (QED) is 0.621. The van der Waals surface area contributed by atoms with E-state index in [1.54, 1.807) is 0 Å². The minimum Gasteiger partial charge on any atom is -0.354 e. The van der Waals surface area contributed by atoms with Gasteiger partial charge in [0.25, 0.3) is 0 Å². The average molecular weight is 394 g/mol. The smallest absolute Gasteiger partial charge is 0.242 e. The first-order valence-electron chi connectivity index (χ1n) is 11.6. The van der Waals surface area contributed by atoms with Crippen molar-refractivity contribution < 1.29 is 9.59 Å². The molecule has 0 aromatic rings. The lowest BCUT2D eigenvalue weighted by Gasteiger charge is -2.35. The molecule has 5 heteroatoms. The molecule has 162 valence electrons. The first-order chi connectivity index (χ1) is 13.3. The van der Waals surface area contributed by atoms with Crippen molar-refractivity contribution in [2.45, 2.75) is 79.2 Å². The third-order valence-corrected chi connectivity index (χ3v) is 6.53. The Morgan fingerprint density at radius 2 is 1.57 bits per heavy atom. The Hall–Kier alpha value is -1.10. The Labute approximate surface area is 172 Å². The normalized spacial score (nSPS) is 30.1. The van der Waals surface area contributed by atoms with Crippen molar-refractivity contribution in [2.75, 3.05) is 26.2 Å². The number of hydrogen-bond acceptors (Lipinski definition) is 3. The SMILES string of the molecule is CC1CCC(C(=O)N[C@H](C(=O)NCCCN2C[C@H](C)C[C@@H](C)C2)C(C)C)CC1. The Kier molecular flexibility index (Phi) is 9.26. The predicted octanol–water partition coefficient (Wildman–Crippen LogP) is 3.44. The summed E-state index contributed by atoms with van der Waals surface area (Å²) in [5.74, 6) is 2.45. The van der Waals surface area contributed by atoms with E-state index < -0.39 is 6.04 Å². The summed E-state index contributed by atoms with van der Waals surface area (Å²) in [6.07, 6.45) is 6.42. The molecule has 2 amide bonds. The lowest BCUT2D eigenvalue weighted by Crippen LogP contribution is -2.51. The van der Waals surface area contributed by atoms with Gasteiger partial charge in [-0.2, -0.15) is 0 Å². The van der Waals surface area contributed by atoms with Gasteiger partial charge in [-0.25, -0.2) is 0 Å². The molecule has 1 heterocycles. The zero-order valence-corrected chi connectivity index (χ0v) is 18.8. The van der Waals surface area contributed by atoms with Crippen LogP contribution in [0.1, 0.15) is 73.1 Å². The van der Waals surface area contributed by atoms with E-state index in [9.17, 15) is 9.59 Å². The molecule has 1 aliphatic carbocycles. The van der Waals surface area contributed by atoms with Crippen LogP contribution in [0.15, 0.2) is 0 Å². The van der Waals surface area contributed by atoms with Crippen molar-refractivity contribution in [3.8, 4) is 0 Å². The first-order valence-corrected chi connectivity index (χ1v) is 11.6. The molecule has 1 aliphatic heterocycles. The van der Waals surface area contributed by atoms with Crippen LogP contribution in [0.2, 0.25) is 0 Å². The number of amides is 2. The van der Waals surface area contributed by atoms with E-state index in [1.165, 1.54) is 19.5 Å². The van der Waals surface area contributed by atoms with E-state index in [1.807, 2.05) is 13.8 Å². The van der Waals surface area contributed by atoms with Crippen LogP contribution in [0.25, 0.3) is 0 Å². The number of nitrogens with zero attached hydrogens (tertiary/aromatic N) is 1. The maximum absolute atomic E-state index is 12.7. The van der Waals surface area contributed by atoms with Crippen LogP contribution < -0.4 is 10.6 Å². The highest BCUT2D eigenvalue weighted by molar-refractivity contribution is 5.88. The van der Waals surface area contributed by atoms with Crippen LogP contribution in [-0.2, 0) is 9.59 Å². The average Bonchev–Trinajstić information content (AvgIpc) is 2.62. The van der Waals surface area contributed by atoms with E-state index in [0.717, 1.165) is 56.4 Å². The minimum atomic E-state index is -0.429. The lowest BCUT2D eigenvalue weighted by atomic mass is 9.82. The second-order valence-electron chi connectivity index (χ2n) is 10.0. The fourth-order valence-corrected chi connectivity index (χ4v) is 4.93. The van der Waals surface area contributed by atoms with Gasteiger partial charge < -0.3 is 15.5 Å². The summed E-state index contributed by atoms with van der Waals surface area (Å²) in [5.41, 5.74) is 0. The topological polar surface area (TPSA) is 61.4 Å². The van der Waals surface area contributed by atoms with Gasteiger partial charge in [-0.3, -0.25) is 9.59 Å². The van der Waals surface area contributed by atoms with Gasteiger partial charge in [0, 0.05) is 25.6 Å². The molecule has 0 spiro atoms. The van der Waals surface area contributed by atoms with Gasteiger partial charge >= 0.3 is 0 Å². The molecule has 2 N–H and O–H groups in total. The van der Waals surface area contributed by atoms with Gasteiger partial charge in [0.15, 0.2) is 0 Å². The summed E-state index contributed by atoms with van der Waals surface area (Å²) in [6, 6.07) is -0.429. The summed E-state index contributed by atoms with van der Waals surface area (Å²) in [7, 11) is 0. The van der Waals surface area contributed by atoms with Crippen LogP contribution in [0.3, 0.4) is 0 Å². The lowest BCUT2D eigenvalue weighted by molar-refractivity contribution is -0.132. The molecule has 0 radical (unpaired) electrons. The Morgan fingerprint density at radius 3 is 2.14 bits per heavy atom. The second kappa shape index (κ2) is 11.2. The van der Waals surface area contributed by atoms with Crippen molar-refractivity contribution in [1.82, 2.24) is 15.5 Å². The molecule has 2 rings (SSSR count). The summed E-state index contributed by atoms with van der Waals surface area (Å²) in [6.45, 7) is 15.0. The number of likely N-dealkylation sites (tertiary alicyclic amines) is 1. The van der Waals surface area contributed by atoms with Gasteiger partial charge in [-0.1, -0.05) is 34.6 Å². The largest absolute Gasteiger partial charge is 0.354 e. The predicted molar refractivity (Wildman–Crippen MR) is 115 cm³/mol. The molecule has 28 heavy (non-hydrogen) atoms. The molecule has 3 atom stereocenters. The number of carbonyl (C=O) groups excluding carboxylic acids is 2. The molecule has 0 aromatic heterocycles. The molecule has 0 aromatic carbocycles. The van der Waals surface area contributed by atoms with E-state index in [-0.39, 0.29) is 23.7 Å². The highest BCUT2D eigenvalue weighted by Crippen LogP contribution is 2.28. The van der Waals surface area contributed by atoms with Crippen molar-refractivity contribution in [3.05, 3.63) is 0 Å². The Bertz CT molecular complexity index is 490. The van der Waals surface area contributed by atoms with Gasteiger partial charge in [0.05, 0.1) is 0 Å². The van der Waals surface area contributed by atoms with Crippen LogP contribution in [0, 0.1) is 29.6 Å². The summed E-state index contributed by atoms with van der Waals surface area (Å²) in [5, 5.41) is 6.10. The van der Waals surface area contributed by atoms with Crippen molar-refractivity contribution in [1.29, 1.82) is 0 Å². The number of hydrogen-bond donors (Lipinski definition) is 2. The third kappa shape index (κ3) is 7.38. The maximum atomic E-state index is 12.7. The van der Waals surface area contributed by atoms with Crippen LogP contribution in [-0.4, -0.2) is 48.9 Å². The summed E-state index contributed by atoms with van der Waals surface area (Å²) in [4.78, 5) is 27.8. The van der Waals surface area contributed by atoms with Gasteiger partial charge in [-0.05, 0) is 68.7 Å². The number of rotatable bonds is 8. The highest BCUT2D eigenvalue weighted by Gasteiger charge is 2.29. The van der Waals surface area contributed by atoms with E-state index in [2.05, 4.69) is 36.3 Å². The molecule has 2 aliphatic rings. The van der Waals surface area contributed by atoms with Crippen LogP contribution in [0.4, 0.5) is 0 Å². The van der Waals surface area contributed by atoms with E-state index >= 15 is 0 Å². The molecule has 1 saturated carbocycles. The first kappa shape index (κ1) is 23.2. The van der Waals surface area contributed by atoms with Gasteiger partial charge in [0.1, 0.15) is 6.04 Å². The van der Waals surface area contributed by atoms with Crippen molar-refractivity contribution in [3.63, 3.8) is 0 Å². The Balaban J connectivity index is 1.72. The second-order valence-corrected chi connectivity index (χ2v) is 10.0. The van der Waals surface area contributed by atoms with Crippen LogP contribution in [0.5, 0.6) is 0 Å². The molecule has 0 unspecified atom stereocenters. The molecule has 5 nitrogen and oxygen atoms in total. The Morgan fingerprint density at radius 1 is 0.964 bits per heavy atom. The fourth-order valence-electron chi connectivity index (χ4n) is 4.93. The number of carbonyl (C=O) groups is 2. The zero-order valence-electron chi connectivity index (χ0n) is 18.8. The molecular weight excluding hydrogens is 350 g/mol. The monoisotopic (exact) mass is 393 g/mol. The van der Waals surface area contributed by atoms with Gasteiger partial charge in [0.2, 0.25) is 11.8 Å². The highest BCUT2D eigenvalue weighted by atomic mass is 16.2. The number of nitrogens with one attached hydrogen (secondary N) is 2. The fraction of sp³-hybridized carbons (Fsp3) is 0.913. The van der Waals surface area contributed by atoms with Crippen LogP contribution >= 0.6 is 0 Å². The standard InChI is InChI=1S/C23H43N3O2/c1-16(2)21(25-22(27)20-9-7-17(3)8-10-20)23(28)24-11-6-12-26-14-18(4)13-19(5)15-26/h16-21H,6-15H2,1-5H3,(H,24,28)(H,25,27)/t17?,18-,19-,20?,21+/m1/s1. The van der Waals surface area contributed by atoms with Gasteiger partial charge in [-0.15, -0.1) is 0 Å². The third-order valence-electron chi connectivity index (χ3n) is 6.53. The minimum absolute atomic E-state index is 0.0343. The van der Waals surface area contributed by atoms with E-state index in [0.29, 0.717) is 6.54 Å². The molecule has 1 saturated heterocycles. The maximum Gasteiger partial charge on any atom is 0.242 e. The summed E-state index contributed by atoms with van der Waals surface area (Å²) < 4.78 is 0. The van der Waals surface area contributed by atoms with Crippen molar-refractivity contribution >= 4 is 11.8 Å². The van der Waals surface area contributed by atoms with Crippen molar-refractivity contribution in [2.24, 2.45) is 29.6 Å². The molecule has 0 bridgehead atoms. The van der Waals surface area contributed by atoms with E-state index in [4.69, 9.17) is 0 Å². The number of piperidine rings is 1.